The number of carbonyl (C=O) groups excluding carboxylic acids is 1. The summed E-state index contributed by atoms with van der Waals surface area (Å²) in [6, 6.07) is -0.318. The van der Waals surface area contributed by atoms with Gasteiger partial charge in [-0.1, -0.05) is 38.8 Å². The Morgan fingerprint density at radius 2 is 2.08 bits per heavy atom. The highest BCUT2D eigenvalue weighted by Crippen LogP contribution is 2.48. The predicted molar refractivity (Wildman–Crippen MR) is 56.6 cm³/mol. The normalized spacial score (nSPS) is 22.4. The van der Waals surface area contributed by atoms with Crippen LogP contribution in [0.4, 0.5) is 0 Å². The van der Waals surface area contributed by atoms with Crippen LogP contribution in [0.25, 0.3) is 0 Å². The summed E-state index contributed by atoms with van der Waals surface area (Å²) < 4.78 is -0.289. The maximum absolute atomic E-state index is 11.3. The Kier molecular flexibility index (Phi) is 3.34. The third kappa shape index (κ3) is 2.82. The van der Waals surface area contributed by atoms with E-state index in [4.69, 9.17) is 5.73 Å². The highest BCUT2D eigenvalue weighted by atomic mass is 79.9. The first kappa shape index (κ1) is 10.7. The summed E-state index contributed by atoms with van der Waals surface area (Å²) in [5.74, 6) is 0.0446. The van der Waals surface area contributed by atoms with Crippen LogP contribution in [0.2, 0.25) is 0 Å². The predicted octanol–water partition coefficient (Wildman–Crippen LogP) is 2.19. The van der Waals surface area contributed by atoms with E-state index in [2.05, 4.69) is 38.8 Å². The highest BCUT2D eigenvalue weighted by molar-refractivity contribution is 9.25. The van der Waals surface area contributed by atoms with Crippen molar-refractivity contribution in [2.75, 3.05) is 0 Å². The maximum atomic E-state index is 11.3. The lowest BCUT2D eigenvalue weighted by Gasteiger charge is -2.15. The van der Waals surface area contributed by atoms with Crippen molar-refractivity contribution in [3.8, 4) is 0 Å². The van der Waals surface area contributed by atoms with E-state index in [1.165, 1.54) is 12.8 Å². The fraction of sp³-hybridized carbons (Fsp3) is 0.875. The number of hydrogen-bond acceptors (Lipinski definition) is 2. The summed E-state index contributed by atoms with van der Waals surface area (Å²) in [6.45, 7) is 2.18. The molecule has 0 bridgehead atoms. The first-order chi connectivity index (χ1) is 5.44. The molecule has 1 rings (SSSR count). The summed E-state index contributed by atoms with van der Waals surface area (Å²) in [5, 5.41) is 0. The van der Waals surface area contributed by atoms with Gasteiger partial charge in [0.2, 0.25) is 0 Å². The van der Waals surface area contributed by atoms with E-state index in [1.54, 1.807) is 0 Å². The van der Waals surface area contributed by atoms with Crippen molar-refractivity contribution < 1.29 is 4.79 Å². The summed E-state index contributed by atoms with van der Waals surface area (Å²) in [5.41, 5.74) is 6.09. The van der Waals surface area contributed by atoms with Crippen molar-refractivity contribution in [2.24, 2.45) is 11.1 Å². The van der Waals surface area contributed by atoms with Gasteiger partial charge in [0.1, 0.15) is 3.74 Å². The minimum Gasteiger partial charge on any atom is -0.321 e. The van der Waals surface area contributed by atoms with Crippen molar-refractivity contribution >= 4 is 37.6 Å². The Balaban J connectivity index is 2.37. The molecule has 2 N–H and O–H groups in total. The first-order valence-electron chi connectivity index (χ1n) is 4.02. The molecule has 0 unspecified atom stereocenters. The zero-order valence-corrected chi connectivity index (χ0v) is 10.2. The van der Waals surface area contributed by atoms with Crippen LogP contribution in [0.5, 0.6) is 0 Å². The minimum atomic E-state index is -0.318. The zero-order valence-electron chi connectivity index (χ0n) is 7.02. The van der Waals surface area contributed by atoms with Gasteiger partial charge in [-0.3, -0.25) is 4.79 Å². The van der Waals surface area contributed by atoms with Crippen LogP contribution in [0, 0.1) is 5.41 Å². The number of alkyl halides is 2. The van der Waals surface area contributed by atoms with Gasteiger partial charge in [0, 0.05) is 0 Å². The van der Waals surface area contributed by atoms with Crippen LogP contribution in [-0.2, 0) is 4.79 Å². The molecule has 0 amide bonds. The standard InChI is InChI=1S/C8H13Br2NO/c1-8(2-3-8)4-5(11)6(12)7(9)10/h5,7H,2-4,11H2,1H3/t5-/m0/s1. The molecule has 1 fully saturated rings. The summed E-state index contributed by atoms with van der Waals surface area (Å²) in [6.07, 6.45) is 3.24. The van der Waals surface area contributed by atoms with Crippen LogP contribution in [-0.4, -0.2) is 15.6 Å². The van der Waals surface area contributed by atoms with E-state index in [1.807, 2.05) is 0 Å². The molecule has 0 radical (unpaired) electrons. The molecule has 0 heterocycles. The number of hydrogen-bond donors (Lipinski definition) is 1. The number of nitrogens with two attached hydrogens (primary N) is 1. The Hall–Kier alpha value is 0.590. The van der Waals surface area contributed by atoms with Gasteiger partial charge >= 0.3 is 0 Å². The third-order valence-corrected chi connectivity index (χ3v) is 3.30. The van der Waals surface area contributed by atoms with Crippen molar-refractivity contribution in [1.29, 1.82) is 0 Å². The molecular weight excluding hydrogens is 286 g/mol. The van der Waals surface area contributed by atoms with Crippen LogP contribution >= 0.6 is 31.9 Å². The molecule has 0 saturated heterocycles. The van der Waals surface area contributed by atoms with Crippen molar-refractivity contribution in [3.05, 3.63) is 0 Å². The van der Waals surface area contributed by atoms with Crippen LogP contribution in [0.15, 0.2) is 0 Å². The Morgan fingerprint density at radius 3 is 2.42 bits per heavy atom. The molecule has 2 nitrogen and oxygen atoms in total. The van der Waals surface area contributed by atoms with E-state index in [0.29, 0.717) is 5.41 Å². The van der Waals surface area contributed by atoms with E-state index in [-0.39, 0.29) is 15.6 Å². The van der Waals surface area contributed by atoms with Crippen molar-refractivity contribution in [2.45, 2.75) is 36.0 Å². The number of rotatable bonds is 4. The van der Waals surface area contributed by atoms with Gasteiger partial charge < -0.3 is 5.73 Å². The maximum Gasteiger partial charge on any atom is 0.173 e. The first-order valence-corrected chi connectivity index (χ1v) is 5.85. The van der Waals surface area contributed by atoms with Crippen LogP contribution < -0.4 is 5.73 Å². The highest BCUT2D eigenvalue weighted by Gasteiger charge is 2.40. The van der Waals surface area contributed by atoms with E-state index in [9.17, 15) is 4.79 Å². The summed E-state index contributed by atoms with van der Waals surface area (Å²) in [4.78, 5) is 11.3. The molecule has 1 aliphatic rings. The van der Waals surface area contributed by atoms with Gasteiger partial charge in [-0.2, -0.15) is 0 Å². The second-order valence-electron chi connectivity index (χ2n) is 3.82. The molecular formula is C8H13Br2NO. The van der Waals surface area contributed by atoms with Crippen LogP contribution in [0.3, 0.4) is 0 Å². The molecule has 70 valence electrons. The summed E-state index contributed by atoms with van der Waals surface area (Å²) >= 11 is 6.31. The molecule has 4 heteroatoms. The number of carbonyl (C=O) groups is 1. The zero-order chi connectivity index (χ0) is 9.35. The van der Waals surface area contributed by atoms with Gasteiger partial charge in [0.15, 0.2) is 5.78 Å². The molecule has 1 saturated carbocycles. The molecule has 0 aromatic carbocycles. The second-order valence-corrected chi connectivity index (χ2v) is 6.88. The van der Waals surface area contributed by atoms with Gasteiger partial charge in [-0.25, -0.2) is 0 Å². The van der Waals surface area contributed by atoms with Gasteiger partial charge in [0.05, 0.1) is 6.04 Å². The van der Waals surface area contributed by atoms with Crippen LogP contribution in [0.1, 0.15) is 26.2 Å². The lowest BCUT2D eigenvalue weighted by Crippen LogP contribution is -2.35. The smallest absolute Gasteiger partial charge is 0.173 e. The largest absolute Gasteiger partial charge is 0.321 e. The van der Waals surface area contributed by atoms with E-state index in [0.717, 1.165) is 6.42 Å². The monoisotopic (exact) mass is 297 g/mol. The Labute approximate surface area is 89.5 Å². The quantitative estimate of drug-likeness (QED) is 0.809. The average Bonchev–Trinajstić information content (AvgIpc) is 2.66. The molecule has 1 aliphatic carbocycles. The lowest BCUT2D eigenvalue weighted by atomic mass is 9.98. The van der Waals surface area contributed by atoms with Gasteiger partial charge in [0.25, 0.3) is 0 Å². The van der Waals surface area contributed by atoms with Gasteiger partial charge in [-0.15, -0.1) is 0 Å². The number of halogens is 2. The Morgan fingerprint density at radius 1 is 1.58 bits per heavy atom. The fourth-order valence-electron chi connectivity index (χ4n) is 1.21. The lowest BCUT2D eigenvalue weighted by molar-refractivity contribution is -0.118. The number of ketones is 1. The van der Waals surface area contributed by atoms with E-state index < -0.39 is 0 Å². The molecule has 0 spiro atoms. The Bertz CT molecular complexity index is 189. The second kappa shape index (κ2) is 3.76. The molecule has 12 heavy (non-hydrogen) atoms. The van der Waals surface area contributed by atoms with Gasteiger partial charge in [-0.05, 0) is 24.7 Å². The number of Topliss-reactive ketones (excluding diaryl/α,β-unsaturated/α-hetero) is 1. The molecule has 0 aromatic rings. The molecule has 0 aliphatic heterocycles. The summed E-state index contributed by atoms with van der Waals surface area (Å²) in [7, 11) is 0. The van der Waals surface area contributed by atoms with Crippen molar-refractivity contribution in [1.82, 2.24) is 0 Å². The SMILES string of the molecule is CC1(C[C@H](N)C(=O)C(Br)Br)CC1. The molecule has 1 atom stereocenters. The fourth-order valence-corrected chi connectivity index (χ4v) is 1.89. The van der Waals surface area contributed by atoms with Crippen molar-refractivity contribution in [3.63, 3.8) is 0 Å². The minimum absolute atomic E-state index is 0.0446. The van der Waals surface area contributed by atoms with E-state index >= 15 is 0 Å². The average molecular weight is 299 g/mol. The third-order valence-electron chi connectivity index (χ3n) is 2.40. The topological polar surface area (TPSA) is 43.1 Å². The molecule has 0 aromatic heterocycles.